The van der Waals surface area contributed by atoms with Gasteiger partial charge in [-0.2, -0.15) is 0 Å². The normalized spacial score (nSPS) is 9.56. The number of phenols is 1. The molecular formula is C6H3BrClO. The maximum Gasteiger partial charge on any atom is 0.130 e. The van der Waals surface area contributed by atoms with Crippen molar-refractivity contribution in [3.8, 4) is 5.75 Å². The summed E-state index contributed by atoms with van der Waals surface area (Å²) in [5, 5.41) is 9.39. The quantitative estimate of drug-likeness (QED) is 0.692. The Morgan fingerprint density at radius 2 is 2.33 bits per heavy atom. The van der Waals surface area contributed by atoms with Gasteiger partial charge in [-0.1, -0.05) is 11.6 Å². The van der Waals surface area contributed by atoms with E-state index in [0.29, 0.717) is 9.50 Å². The number of halogens is 2. The molecule has 47 valence electrons. The van der Waals surface area contributed by atoms with Gasteiger partial charge in [0.15, 0.2) is 0 Å². The van der Waals surface area contributed by atoms with Crippen LogP contribution in [0.3, 0.4) is 0 Å². The largest absolute Gasteiger partial charge is 0.507 e. The first-order chi connectivity index (χ1) is 4.20. The lowest BCUT2D eigenvalue weighted by Gasteiger charge is -1.93. The summed E-state index contributed by atoms with van der Waals surface area (Å²) in [6.45, 7) is 0. The van der Waals surface area contributed by atoms with Crippen LogP contribution in [0.2, 0.25) is 5.02 Å². The number of benzene rings is 1. The Morgan fingerprint density at radius 1 is 1.67 bits per heavy atom. The van der Waals surface area contributed by atoms with E-state index in [4.69, 9.17) is 16.7 Å². The number of hydrogen-bond acceptors (Lipinski definition) is 1. The van der Waals surface area contributed by atoms with Crippen molar-refractivity contribution in [1.82, 2.24) is 0 Å². The molecule has 0 unspecified atom stereocenters. The van der Waals surface area contributed by atoms with E-state index in [-0.39, 0.29) is 5.75 Å². The van der Waals surface area contributed by atoms with Crippen LogP contribution in [0.4, 0.5) is 0 Å². The van der Waals surface area contributed by atoms with Gasteiger partial charge in [0, 0.05) is 11.1 Å². The molecule has 9 heavy (non-hydrogen) atoms. The first-order valence-electron chi connectivity index (χ1n) is 2.26. The van der Waals surface area contributed by atoms with Crippen LogP contribution in [0.15, 0.2) is 16.6 Å². The number of rotatable bonds is 0. The SMILES string of the molecule is Oc1c[c]c(Cl)cc1Br. The standard InChI is InChI=1S/C6H3BrClO/c7-5-3-4(8)1-2-6(5)9/h2-3,9H. The molecule has 0 saturated heterocycles. The summed E-state index contributed by atoms with van der Waals surface area (Å²) in [6, 6.07) is 5.62. The van der Waals surface area contributed by atoms with Crippen LogP contribution in [-0.2, 0) is 0 Å². The van der Waals surface area contributed by atoms with E-state index in [9.17, 15) is 0 Å². The average molecular weight is 206 g/mol. The predicted octanol–water partition coefficient (Wildman–Crippen LogP) is 2.61. The van der Waals surface area contributed by atoms with E-state index in [1.165, 1.54) is 6.07 Å². The van der Waals surface area contributed by atoms with Crippen molar-refractivity contribution in [2.45, 2.75) is 0 Å². The summed E-state index contributed by atoms with van der Waals surface area (Å²) < 4.78 is 0.589. The molecule has 0 aromatic heterocycles. The number of aromatic hydroxyl groups is 1. The summed E-state index contributed by atoms with van der Waals surface area (Å²) in [7, 11) is 0. The van der Waals surface area contributed by atoms with Crippen LogP contribution in [0.1, 0.15) is 0 Å². The van der Waals surface area contributed by atoms with Gasteiger partial charge in [-0.25, -0.2) is 0 Å². The van der Waals surface area contributed by atoms with E-state index >= 15 is 0 Å². The summed E-state index contributed by atoms with van der Waals surface area (Å²) >= 11 is 8.61. The third-order valence-corrected chi connectivity index (χ3v) is 1.70. The predicted molar refractivity (Wildman–Crippen MR) is 39.7 cm³/mol. The molecule has 1 radical (unpaired) electrons. The summed E-state index contributed by atoms with van der Waals surface area (Å²) in [5.41, 5.74) is 0. The van der Waals surface area contributed by atoms with Crippen molar-refractivity contribution in [2.75, 3.05) is 0 Å². The molecule has 3 heteroatoms. The molecule has 0 heterocycles. The van der Waals surface area contributed by atoms with Crippen molar-refractivity contribution < 1.29 is 5.11 Å². The lowest BCUT2D eigenvalue weighted by Crippen LogP contribution is -1.67. The van der Waals surface area contributed by atoms with Crippen LogP contribution >= 0.6 is 27.5 Å². The monoisotopic (exact) mass is 205 g/mol. The summed E-state index contributed by atoms with van der Waals surface area (Å²) in [4.78, 5) is 0. The molecule has 1 rings (SSSR count). The molecule has 0 atom stereocenters. The van der Waals surface area contributed by atoms with E-state index in [1.54, 1.807) is 6.07 Å². The minimum Gasteiger partial charge on any atom is -0.507 e. The van der Waals surface area contributed by atoms with Gasteiger partial charge in [0.1, 0.15) is 5.75 Å². The Bertz CT molecular complexity index is 224. The van der Waals surface area contributed by atoms with E-state index < -0.39 is 0 Å². The highest BCUT2D eigenvalue weighted by atomic mass is 79.9. The van der Waals surface area contributed by atoms with Gasteiger partial charge in [-0.3, -0.25) is 0 Å². The maximum absolute atomic E-state index is 8.91. The minimum atomic E-state index is 0.152. The number of hydrogen-bond donors (Lipinski definition) is 1. The van der Waals surface area contributed by atoms with E-state index in [1.807, 2.05) is 0 Å². The maximum atomic E-state index is 8.91. The fourth-order valence-electron chi connectivity index (χ4n) is 0.433. The molecule has 0 spiro atoms. The highest BCUT2D eigenvalue weighted by molar-refractivity contribution is 9.10. The molecule has 1 aromatic carbocycles. The van der Waals surface area contributed by atoms with Crippen LogP contribution in [-0.4, -0.2) is 5.11 Å². The van der Waals surface area contributed by atoms with Crippen LogP contribution in [0.5, 0.6) is 5.75 Å². The Hall–Kier alpha value is -0.210. The fourth-order valence-corrected chi connectivity index (χ4v) is 1.07. The molecule has 0 aliphatic rings. The third kappa shape index (κ3) is 1.60. The minimum absolute atomic E-state index is 0.152. The second kappa shape index (κ2) is 2.58. The first kappa shape index (κ1) is 6.90. The molecule has 1 aromatic rings. The van der Waals surface area contributed by atoms with Crippen molar-refractivity contribution in [1.29, 1.82) is 0 Å². The van der Waals surface area contributed by atoms with Crippen molar-refractivity contribution in [3.05, 3.63) is 27.7 Å². The molecule has 1 N–H and O–H groups in total. The Morgan fingerprint density at radius 3 is 2.78 bits per heavy atom. The highest BCUT2D eigenvalue weighted by Crippen LogP contribution is 2.25. The fraction of sp³-hybridized carbons (Fsp3) is 0. The second-order valence-electron chi connectivity index (χ2n) is 1.51. The molecule has 0 aliphatic carbocycles. The van der Waals surface area contributed by atoms with Gasteiger partial charge in [-0.15, -0.1) is 0 Å². The highest BCUT2D eigenvalue weighted by Gasteiger charge is 1.95. The van der Waals surface area contributed by atoms with Crippen LogP contribution < -0.4 is 0 Å². The smallest absolute Gasteiger partial charge is 0.130 e. The molecule has 0 amide bonds. The van der Waals surface area contributed by atoms with Crippen molar-refractivity contribution in [2.24, 2.45) is 0 Å². The van der Waals surface area contributed by atoms with E-state index in [0.717, 1.165) is 0 Å². The molecule has 0 aliphatic heterocycles. The van der Waals surface area contributed by atoms with Gasteiger partial charge < -0.3 is 5.11 Å². The van der Waals surface area contributed by atoms with E-state index in [2.05, 4.69) is 22.0 Å². The van der Waals surface area contributed by atoms with Gasteiger partial charge >= 0.3 is 0 Å². The zero-order valence-corrected chi connectivity index (χ0v) is 6.70. The molecule has 0 fully saturated rings. The van der Waals surface area contributed by atoms with Gasteiger partial charge in [0.05, 0.1) is 4.47 Å². The zero-order chi connectivity index (χ0) is 6.85. The van der Waals surface area contributed by atoms with Gasteiger partial charge in [0.2, 0.25) is 0 Å². The van der Waals surface area contributed by atoms with Crippen LogP contribution in [0.25, 0.3) is 0 Å². The second-order valence-corrected chi connectivity index (χ2v) is 2.78. The average Bonchev–Trinajstić information content (AvgIpc) is 1.80. The van der Waals surface area contributed by atoms with Crippen molar-refractivity contribution in [3.63, 3.8) is 0 Å². The molecule has 0 bridgehead atoms. The third-order valence-electron chi connectivity index (χ3n) is 0.845. The lowest BCUT2D eigenvalue weighted by molar-refractivity contribution is 0.472. The Balaban J connectivity index is 3.17. The first-order valence-corrected chi connectivity index (χ1v) is 3.43. The summed E-state index contributed by atoms with van der Waals surface area (Å²) in [5.74, 6) is 0.152. The Kier molecular flexibility index (Phi) is 1.98. The summed E-state index contributed by atoms with van der Waals surface area (Å²) in [6.07, 6.45) is 0. The lowest BCUT2D eigenvalue weighted by atomic mass is 10.3. The molecular weight excluding hydrogens is 203 g/mol. The van der Waals surface area contributed by atoms with Gasteiger partial charge in [0.25, 0.3) is 0 Å². The van der Waals surface area contributed by atoms with Crippen LogP contribution in [0, 0.1) is 6.07 Å². The number of phenolic OH excluding ortho intramolecular Hbond substituents is 1. The van der Waals surface area contributed by atoms with Gasteiger partial charge in [-0.05, 0) is 28.1 Å². The topological polar surface area (TPSA) is 20.2 Å². The molecule has 1 nitrogen and oxygen atoms in total. The molecule has 0 saturated carbocycles. The van der Waals surface area contributed by atoms with Crippen molar-refractivity contribution >= 4 is 27.5 Å². The Labute approximate surface area is 66.4 Å². The zero-order valence-electron chi connectivity index (χ0n) is 4.36.